The van der Waals surface area contributed by atoms with Gasteiger partial charge in [-0.2, -0.15) is 0 Å². The lowest BCUT2D eigenvalue weighted by Crippen LogP contribution is -2.04. The number of carbonyl (C=O) groups is 1. The van der Waals surface area contributed by atoms with E-state index in [9.17, 15) is 4.79 Å². The summed E-state index contributed by atoms with van der Waals surface area (Å²) >= 11 is 1.34. The predicted molar refractivity (Wildman–Crippen MR) is 69.8 cm³/mol. The SMILES string of the molecule is Cc1ccc(C(=O)CSc2nnnn2C)cc1C. The van der Waals surface area contributed by atoms with Crippen LogP contribution in [-0.2, 0) is 7.05 Å². The number of thioether (sulfide) groups is 1. The Morgan fingerprint density at radius 3 is 2.72 bits per heavy atom. The summed E-state index contributed by atoms with van der Waals surface area (Å²) in [6.45, 7) is 4.04. The minimum Gasteiger partial charge on any atom is -0.293 e. The third-order valence-corrected chi connectivity index (χ3v) is 3.75. The van der Waals surface area contributed by atoms with E-state index in [1.807, 2.05) is 32.0 Å². The largest absolute Gasteiger partial charge is 0.293 e. The molecule has 0 amide bonds. The molecular weight excluding hydrogens is 248 g/mol. The molecule has 6 heteroatoms. The van der Waals surface area contributed by atoms with Crippen LogP contribution in [0.1, 0.15) is 21.5 Å². The number of benzene rings is 1. The lowest BCUT2D eigenvalue weighted by Gasteiger charge is -2.04. The molecule has 0 aliphatic carbocycles. The predicted octanol–water partition coefficient (Wildman–Crippen LogP) is 1.80. The van der Waals surface area contributed by atoms with Crippen molar-refractivity contribution >= 4 is 17.5 Å². The van der Waals surface area contributed by atoms with Gasteiger partial charge in [-0.25, -0.2) is 4.68 Å². The second kappa shape index (κ2) is 5.30. The van der Waals surface area contributed by atoms with E-state index in [1.54, 1.807) is 11.7 Å². The molecule has 0 spiro atoms. The number of aryl methyl sites for hydroxylation is 3. The van der Waals surface area contributed by atoms with Gasteiger partial charge < -0.3 is 0 Å². The molecule has 94 valence electrons. The number of rotatable bonds is 4. The second-order valence-corrected chi connectivity index (χ2v) is 5.04. The minimum atomic E-state index is 0.0890. The molecule has 0 aliphatic rings. The first-order valence-corrected chi connectivity index (χ1v) is 6.52. The monoisotopic (exact) mass is 262 g/mol. The lowest BCUT2D eigenvalue weighted by atomic mass is 10.0. The van der Waals surface area contributed by atoms with E-state index >= 15 is 0 Å². The smallest absolute Gasteiger partial charge is 0.209 e. The van der Waals surface area contributed by atoms with Crippen LogP contribution in [0.3, 0.4) is 0 Å². The summed E-state index contributed by atoms with van der Waals surface area (Å²) in [4.78, 5) is 12.0. The Balaban J connectivity index is 2.04. The van der Waals surface area contributed by atoms with Crippen LogP contribution < -0.4 is 0 Å². The van der Waals surface area contributed by atoms with Crippen molar-refractivity contribution in [3.05, 3.63) is 34.9 Å². The fourth-order valence-electron chi connectivity index (χ4n) is 1.47. The molecular formula is C12H14N4OS. The van der Waals surface area contributed by atoms with Crippen molar-refractivity contribution in [2.45, 2.75) is 19.0 Å². The number of carbonyl (C=O) groups excluding carboxylic acids is 1. The van der Waals surface area contributed by atoms with Crippen LogP contribution in [0.5, 0.6) is 0 Å². The van der Waals surface area contributed by atoms with Crippen molar-refractivity contribution < 1.29 is 4.79 Å². The standard InChI is InChI=1S/C12H14N4OS/c1-8-4-5-10(6-9(8)2)11(17)7-18-12-13-14-15-16(12)3/h4-6H,7H2,1-3H3. The van der Waals surface area contributed by atoms with Gasteiger partial charge >= 0.3 is 0 Å². The van der Waals surface area contributed by atoms with E-state index < -0.39 is 0 Å². The molecule has 1 heterocycles. The Morgan fingerprint density at radius 1 is 1.33 bits per heavy atom. The van der Waals surface area contributed by atoms with Crippen LogP contribution in [-0.4, -0.2) is 31.7 Å². The molecule has 0 fully saturated rings. The Morgan fingerprint density at radius 2 is 2.11 bits per heavy atom. The van der Waals surface area contributed by atoms with Crippen molar-refractivity contribution in [1.29, 1.82) is 0 Å². The maximum Gasteiger partial charge on any atom is 0.209 e. The van der Waals surface area contributed by atoms with Gasteiger partial charge in [0.05, 0.1) is 5.75 Å². The van der Waals surface area contributed by atoms with E-state index in [2.05, 4.69) is 15.5 Å². The van der Waals surface area contributed by atoms with Gasteiger partial charge in [-0.15, -0.1) is 5.10 Å². The van der Waals surface area contributed by atoms with Crippen LogP contribution in [0.15, 0.2) is 23.4 Å². The van der Waals surface area contributed by atoms with Gasteiger partial charge in [-0.05, 0) is 41.5 Å². The molecule has 0 N–H and O–H groups in total. The zero-order valence-electron chi connectivity index (χ0n) is 10.5. The van der Waals surface area contributed by atoms with E-state index in [0.717, 1.165) is 11.1 Å². The quantitative estimate of drug-likeness (QED) is 0.621. The first kappa shape index (κ1) is 12.8. The first-order valence-electron chi connectivity index (χ1n) is 5.53. The molecule has 5 nitrogen and oxygen atoms in total. The average molecular weight is 262 g/mol. The van der Waals surface area contributed by atoms with E-state index in [0.29, 0.717) is 10.9 Å². The Labute approximate surface area is 110 Å². The molecule has 2 rings (SSSR count). The minimum absolute atomic E-state index is 0.0890. The van der Waals surface area contributed by atoms with Crippen molar-refractivity contribution in [1.82, 2.24) is 20.2 Å². The summed E-state index contributed by atoms with van der Waals surface area (Å²) in [5, 5.41) is 11.7. The highest BCUT2D eigenvalue weighted by molar-refractivity contribution is 7.99. The summed E-state index contributed by atoms with van der Waals surface area (Å²) in [5.74, 6) is 0.433. The Kier molecular flexibility index (Phi) is 3.76. The number of tetrazole rings is 1. The fourth-order valence-corrected chi connectivity index (χ4v) is 2.22. The van der Waals surface area contributed by atoms with Crippen LogP contribution >= 0.6 is 11.8 Å². The van der Waals surface area contributed by atoms with E-state index in [1.165, 1.54) is 17.3 Å². The molecule has 2 aromatic rings. The van der Waals surface area contributed by atoms with Gasteiger partial charge in [0.2, 0.25) is 5.16 Å². The molecule has 0 unspecified atom stereocenters. The molecule has 18 heavy (non-hydrogen) atoms. The average Bonchev–Trinajstić information content (AvgIpc) is 2.75. The Hall–Kier alpha value is -1.69. The van der Waals surface area contributed by atoms with Crippen LogP contribution in [0.2, 0.25) is 0 Å². The maximum atomic E-state index is 12.0. The summed E-state index contributed by atoms with van der Waals surface area (Å²) in [7, 11) is 1.75. The summed E-state index contributed by atoms with van der Waals surface area (Å²) in [6, 6.07) is 5.75. The third-order valence-electron chi connectivity index (χ3n) is 2.74. The number of hydrogen-bond donors (Lipinski definition) is 0. The number of ketones is 1. The first-order chi connectivity index (χ1) is 8.58. The number of Topliss-reactive ketones (excluding diaryl/α,β-unsaturated/α-hetero) is 1. The van der Waals surface area contributed by atoms with Crippen LogP contribution in [0, 0.1) is 13.8 Å². The molecule has 0 bridgehead atoms. The topological polar surface area (TPSA) is 60.7 Å². The highest BCUT2D eigenvalue weighted by Gasteiger charge is 2.10. The summed E-state index contributed by atoms with van der Waals surface area (Å²) in [5.41, 5.74) is 3.06. The normalized spacial score (nSPS) is 10.6. The molecule has 0 saturated heterocycles. The van der Waals surface area contributed by atoms with Crippen molar-refractivity contribution in [3.63, 3.8) is 0 Å². The van der Waals surface area contributed by atoms with Gasteiger partial charge in [0.15, 0.2) is 5.78 Å². The molecule has 0 aliphatic heterocycles. The third kappa shape index (κ3) is 2.76. The van der Waals surface area contributed by atoms with Gasteiger partial charge in [-0.1, -0.05) is 23.9 Å². The van der Waals surface area contributed by atoms with Gasteiger partial charge in [0.25, 0.3) is 0 Å². The molecule has 0 saturated carbocycles. The highest BCUT2D eigenvalue weighted by atomic mass is 32.2. The maximum absolute atomic E-state index is 12.0. The lowest BCUT2D eigenvalue weighted by molar-refractivity contribution is 0.102. The van der Waals surface area contributed by atoms with Crippen molar-refractivity contribution in [2.75, 3.05) is 5.75 Å². The van der Waals surface area contributed by atoms with E-state index in [4.69, 9.17) is 0 Å². The van der Waals surface area contributed by atoms with Gasteiger partial charge in [0.1, 0.15) is 0 Å². The zero-order valence-corrected chi connectivity index (χ0v) is 11.4. The summed E-state index contributed by atoms with van der Waals surface area (Å²) < 4.78 is 1.55. The number of aromatic nitrogens is 4. The van der Waals surface area contributed by atoms with Crippen molar-refractivity contribution in [3.8, 4) is 0 Å². The molecule has 1 aromatic heterocycles. The van der Waals surface area contributed by atoms with E-state index in [-0.39, 0.29) is 5.78 Å². The van der Waals surface area contributed by atoms with Crippen molar-refractivity contribution in [2.24, 2.45) is 7.05 Å². The zero-order chi connectivity index (χ0) is 13.1. The molecule has 0 atom stereocenters. The second-order valence-electron chi connectivity index (χ2n) is 4.10. The summed E-state index contributed by atoms with van der Waals surface area (Å²) in [6.07, 6.45) is 0. The number of hydrogen-bond acceptors (Lipinski definition) is 5. The van der Waals surface area contributed by atoms with Gasteiger partial charge in [-0.3, -0.25) is 4.79 Å². The Bertz CT molecular complexity index is 579. The molecule has 1 aromatic carbocycles. The fraction of sp³-hybridized carbons (Fsp3) is 0.333. The van der Waals surface area contributed by atoms with Crippen LogP contribution in [0.25, 0.3) is 0 Å². The highest BCUT2D eigenvalue weighted by Crippen LogP contribution is 2.16. The molecule has 0 radical (unpaired) electrons. The van der Waals surface area contributed by atoms with Gasteiger partial charge in [0, 0.05) is 12.6 Å². The van der Waals surface area contributed by atoms with Crippen LogP contribution in [0.4, 0.5) is 0 Å². The number of nitrogens with zero attached hydrogens (tertiary/aromatic N) is 4.